The molecule has 2 N–H and O–H groups in total. The van der Waals surface area contributed by atoms with Gasteiger partial charge in [0.15, 0.2) is 0 Å². The second-order valence-corrected chi connectivity index (χ2v) is 5.24. The number of anilines is 1. The first-order valence-corrected chi connectivity index (χ1v) is 7.06. The molecular formula is C16H14N4O4. The Bertz CT molecular complexity index is 1080. The third-order valence-corrected chi connectivity index (χ3v) is 3.69. The summed E-state index contributed by atoms with van der Waals surface area (Å²) in [5.41, 5.74) is -0.629. The number of hydrogen-bond acceptors (Lipinski definition) is 5. The number of benzene rings is 1. The van der Waals surface area contributed by atoms with Gasteiger partial charge in [-0.05, 0) is 24.3 Å². The largest absolute Gasteiger partial charge is 0.506 e. The summed E-state index contributed by atoms with van der Waals surface area (Å²) in [5, 5.41) is 12.5. The summed E-state index contributed by atoms with van der Waals surface area (Å²) in [4.78, 5) is 40.5. The van der Waals surface area contributed by atoms with Gasteiger partial charge in [0.05, 0.1) is 11.1 Å². The molecule has 0 saturated carbocycles. The van der Waals surface area contributed by atoms with Crippen molar-refractivity contribution < 1.29 is 9.90 Å². The molecule has 2 heterocycles. The van der Waals surface area contributed by atoms with E-state index in [-0.39, 0.29) is 28.2 Å². The van der Waals surface area contributed by atoms with Gasteiger partial charge in [0.1, 0.15) is 17.1 Å². The van der Waals surface area contributed by atoms with E-state index < -0.39 is 17.2 Å². The summed E-state index contributed by atoms with van der Waals surface area (Å²) in [5.74, 6) is -0.639. The molecule has 24 heavy (non-hydrogen) atoms. The van der Waals surface area contributed by atoms with Crippen molar-refractivity contribution in [3.8, 4) is 5.75 Å². The van der Waals surface area contributed by atoms with E-state index in [9.17, 15) is 19.5 Å². The van der Waals surface area contributed by atoms with Gasteiger partial charge in [-0.25, -0.2) is 9.78 Å². The molecule has 2 aromatic heterocycles. The number of nitrogens with zero attached hydrogens (tertiary/aromatic N) is 3. The SMILES string of the molecule is Cn1c(=O)c2ccc(C(=O)Nc3ccccc3O)nc2n(C)c1=O. The van der Waals surface area contributed by atoms with E-state index in [1.54, 1.807) is 18.2 Å². The van der Waals surface area contributed by atoms with E-state index >= 15 is 0 Å². The van der Waals surface area contributed by atoms with Crippen LogP contribution in [0.2, 0.25) is 0 Å². The molecule has 0 radical (unpaired) electrons. The van der Waals surface area contributed by atoms with Crippen LogP contribution in [0, 0.1) is 0 Å². The molecule has 8 nitrogen and oxygen atoms in total. The van der Waals surface area contributed by atoms with Crippen LogP contribution in [-0.4, -0.2) is 25.1 Å². The zero-order valence-corrected chi connectivity index (χ0v) is 13.0. The second kappa shape index (κ2) is 5.65. The first-order chi connectivity index (χ1) is 11.4. The number of amides is 1. The fourth-order valence-electron chi connectivity index (χ4n) is 2.35. The lowest BCUT2D eigenvalue weighted by Crippen LogP contribution is -2.37. The number of phenols is 1. The number of carbonyl (C=O) groups is 1. The van der Waals surface area contributed by atoms with E-state index in [1.807, 2.05) is 0 Å². The summed E-state index contributed by atoms with van der Waals surface area (Å²) < 4.78 is 2.18. The number of para-hydroxylation sites is 2. The van der Waals surface area contributed by atoms with Crippen LogP contribution in [0.3, 0.4) is 0 Å². The number of carbonyl (C=O) groups excluding carboxylic acids is 1. The maximum Gasteiger partial charge on any atom is 0.332 e. The van der Waals surface area contributed by atoms with Crippen molar-refractivity contribution in [2.45, 2.75) is 0 Å². The smallest absolute Gasteiger partial charge is 0.332 e. The Morgan fingerprint density at radius 3 is 2.50 bits per heavy atom. The van der Waals surface area contributed by atoms with Gasteiger partial charge in [-0.2, -0.15) is 0 Å². The minimum Gasteiger partial charge on any atom is -0.506 e. The highest BCUT2D eigenvalue weighted by Crippen LogP contribution is 2.22. The van der Waals surface area contributed by atoms with Gasteiger partial charge in [0.25, 0.3) is 11.5 Å². The molecule has 1 aromatic carbocycles. The Morgan fingerprint density at radius 2 is 1.79 bits per heavy atom. The van der Waals surface area contributed by atoms with Crippen LogP contribution in [0.4, 0.5) is 5.69 Å². The Balaban J connectivity index is 2.08. The highest BCUT2D eigenvalue weighted by molar-refractivity contribution is 6.04. The zero-order valence-electron chi connectivity index (χ0n) is 13.0. The van der Waals surface area contributed by atoms with Crippen LogP contribution in [0.5, 0.6) is 5.75 Å². The highest BCUT2D eigenvalue weighted by atomic mass is 16.3. The van der Waals surface area contributed by atoms with Crippen molar-refractivity contribution in [2.75, 3.05) is 5.32 Å². The van der Waals surface area contributed by atoms with Crippen molar-refractivity contribution in [1.82, 2.24) is 14.1 Å². The lowest BCUT2D eigenvalue weighted by molar-refractivity contribution is 0.102. The van der Waals surface area contributed by atoms with Gasteiger partial charge < -0.3 is 10.4 Å². The molecule has 0 spiro atoms. The molecule has 0 aliphatic carbocycles. The number of fused-ring (bicyclic) bond motifs is 1. The quantitative estimate of drug-likeness (QED) is 0.670. The average Bonchev–Trinajstić information content (AvgIpc) is 2.59. The fraction of sp³-hybridized carbons (Fsp3) is 0.125. The summed E-state index contributed by atoms with van der Waals surface area (Å²) in [7, 11) is 2.85. The number of pyridine rings is 1. The van der Waals surface area contributed by atoms with Crippen LogP contribution in [-0.2, 0) is 14.1 Å². The maximum atomic E-state index is 12.3. The topological polar surface area (TPSA) is 106 Å². The predicted octanol–water partition coefficient (Wildman–Crippen LogP) is 0.590. The number of aryl methyl sites for hydroxylation is 1. The van der Waals surface area contributed by atoms with Gasteiger partial charge in [-0.1, -0.05) is 12.1 Å². The van der Waals surface area contributed by atoms with E-state index in [0.29, 0.717) is 0 Å². The number of aromatic nitrogens is 3. The van der Waals surface area contributed by atoms with Crippen molar-refractivity contribution >= 4 is 22.6 Å². The van der Waals surface area contributed by atoms with Crippen molar-refractivity contribution in [2.24, 2.45) is 14.1 Å². The van der Waals surface area contributed by atoms with Crippen LogP contribution in [0.25, 0.3) is 11.0 Å². The van der Waals surface area contributed by atoms with Crippen molar-refractivity contribution in [3.05, 3.63) is 62.9 Å². The number of phenolic OH excluding ortho intramolecular Hbond substituents is 1. The molecule has 3 rings (SSSR count). The van der Waals surface area contributed by atoms with Crippen molar-refractivity contribution in [1.29, 1.82) is 0 Å². The Kier molecular flexibility index (Phi) is 3.64. The minimum atomic E-state index is -0.563. The molecule has 0 aliphatic rings. The van der Waals surface area contributed by atoms with Gasteiger partial charge in [0, 0.05) is 14.1 Å². The molecule has 0 atom stereocenters. The van der Waals surface area contributed by atoms with Gasteiger partial charge >= 0.3 is 5.69 Å². The fourth-order valence-corrected chi connectivity index (χ4v) is 2.35. The van der Waals surface area contributed by atoms with Gasteiger partial charge in [0.2, 0.25) is 0 Å². The molecule has 0 saturated heterocycles. The Hall–Kier alpha value is -3.42. The zero-order chi connectivity index (χ0) is 17.4. The number of aromatic hydroxyl groups is 1. The predicted molar refractivity (Wildman–Crippen MR) is 88.3 cm³/mol. The minimum absolute atomic E-state index is 0.0222. The van der Waals surface area contributed by atoms with E-state index in [0.717, 1.165) is 4.57 Å². The first-order valence-electron chi connectivity index (χ1n) is 7.06. The third-order valence-electron chi connectivity index (χ3n) is 3.69. The van der Waals surface area contributed by atoms with Gasteiger partial charge in [-0.15, -0.1) is 0 Å². The number of hydrogen-bond donors (Lipinski definition) is 2. The first kappa shape index (κ1) is 15.5. The Labute approximate surface area is 135 Å². The highest BCUT2D eigenvalue weighted by Gasteiger charge is 2.14. The lowest BCUT2D eigenvalue weighted by Gasteiger charge is -2.09. The third kappa shape index (κ3) is 2.43. The second-order valence-electron chi connectivity index (χ2n) is 5.24. The molecule has 3 aromatic rings. The molecule has 0 aliphatic heterocycles. The van der Waals surface area contributed by atoms with Gasteiger partial charge in [-0.3, -0.25) is 18.7 Å². The average molecular weight is 326 g/mol. The maximum absolute atomic E-state index is 12.3. The molecule has 122 valence electrons. The molecule has 0 fully saturated rings. The van der Waals surface area contributed by atoms with Crippen LogP contribution in [0.1, 0.15) is 10.5 Å². The Morgan fingerprint density at radius 1 is 1.08 bits per heavy atom. The molecule has 1 amide bonds. The summed E-state index contributed by atoms with van der Waals surface area (Å²) in [6.07, 6.45) is 0. The normalized spacial score (nSPS) is 10.8. The van der Waals surface area contributed by atoms with E-state index in [4.69, 9.17) is 0 Å². The molecular weight excluding hydrogens is 312 g/mol. The molecule has 8 heteroatoms. The van der Waals surface area contributed by atoms with Crippen LogP contribution in [0.15, 0.2) is 46.0 Å². The number of rotatable bonds is 2. The van der Waals surface area contributed by atoms with Crippen LogP contribution >= 0.6 is 0 Å². The standard InChI is InChI=1S/C16H14N4O4/c1-19-13-9(15(23)20(2)16(19)24)7-8-11(17-13)14(22)18-10-5-3-4-6-12(10)21/h3-8,21H,1-2H3,(H,18,22). The van der Waals surface area contributed by atoms with E-state index in [1.165, 1.54) is 36.9 Å². The van der Waals surface area contributed by atoms with Crippen molar-refractivity contribution in [3.63, 3.8) is 0 Å². The summed E-state index contributed by atoms with van der Waals surface area (Å²) in [6, 6.07) is 9.12. The monoisotopic (exact) mass is 326 g/mol. The lowest BCUT2D eigenvalue weighted by atomic mass is 10.2. The molecule has 0 bridgehead atoms. The van der Waals surface area contributed by atoms with E-state index in [2.05, 4.69) is 10.3 Å². The summed E-state index contributed by atoms with van der Waals surface area (Å²) >= 11 is 0. The number of nitrogens with one attached hydrogen (secondary N) is 1. The molecule has 0 unspecified atom stereocenters. The summed E-state index contributed by atoms with van der Waals surface area (Å²) in [6.45, 7) is 0. The van der Waals surface area contributed by atoms with Crippen LogP contribution < -0.4 is 16.6 Å².